The normalized spacial score (nSPS) is 10.8. The van der Waals surface area contributed by atoms with Gasteiger partial charge in [-0.3, -0.25) is 0 Å². The first-order valence-electron chi connectivity index (χ1n) is 6.16. The molecular weight excluding hydrogens is 256 g/mol. The number of anilines is 3. The molecule has 20 heavy (non-hydrogen) atoms. The number of hydrogen-bond donors (Lipinski definition) is 3. The number of rotatable bonds is 4. The van der Waals surface area contributed by atoms with Gasteiger partial charge in [0.1, 0.15) is 0 Å². The van der Waals surface area contributed by atoms with Crippen molar-refractivity contribution in [1.29, 1.82) is 0 Å². The van der Waals surface area contributed by atoms with Gasteiger partial charge in [0.25, 0.3) is 5.78 Å². The molecule has 102 valence electrons. The summed E-state index contributed by atoms with van der Waals surface area (Å²) in [5.41, 5.74) is 12.4. The first-order chi connectivity index (χ1) is 9.72. The molecule has 0 bridgehead atoms. The summed E-state index contributed by atoms with van der Waals surface area (Å²) < 4.78 is 1.35. The summed E-state index contributed by atoms with van der Waals surface area (Å²) in [6, 6.07) is 10.2. The molecule has 0 saturated carbocycles. The van der Waals surface area contributed by atoms with Gasteiger partial charge >= 0.3 is 0 Å². The average Bonchev–Trinajstić information content (AvgIpc) is 2.83. The largest absolute Gasteiger partial charge is 0.368 e. The minimum Gasteiger partial charge on any atom is -0.368 e. The van der Waals surface area contributed by atoms with Gasteiger partial charge in [-0.1, -0.05) is 30.3 Å². The van der Waals surface area contributed by atoms with Crippen molar-refractivity contribution in [3.05, 3.63) is 35.9 Å². The lowest BCUT2D eigenvalue weighted by Gasteiger charge is -2.01. The molecule has 2 heterocycles. The molecule has 2 aromatic heterocycles. The van der Waals surface area contributed by atoms with Gasteiger partial charge in [-0.25, -0.2) is 0 Å². The quantitative estimate of drug-likeness (QED) is 0.625. The third kappa shape index (κ3) is 2.44. The van der Waals surface area contributed by atoms with Gasteiger partial charge in [0.15, 0.2) is 0 Å². The highest BCUT2D eigenvalue weighted by atomic mass is 15.4. The summed E-state index contributed by atoms with van der Waals surface area (Å²) in [6.07, 6.45) is 0.875. The maximum atomic E-state index is 5.69. The summed E-state index contributed by atoms with van der Waals surface area (Å²) in [7, 11) is 0. The highest BCUT2D eigenvalue weighted by molar-refractivity contribution is 5.44. The first-order valence-corrected chi connectivity index (χ1v) is 6.16. The summed E-state index contributed by atoms with van der Waals surface area (Å²) in [5.74, 6) is 1.03. The van der Waals surface area contributed by atoms with Crippen LogP contribution in [0.1, 0.15) is 5.56 Å². The van der Waals surface area contributed by atoms with E-state index < -0.39 is 0 Å². The minimum absolute atomic E-state index is 0.0817. The van der Waals surface area contributed by atoms with Crippen molar-refractivity contribution >= 4 is 23.6 Å². The lowest BCUT2D eigenvalue weighted by atomic mass is 10.1. The van der Waals surface area contributed by atoms with Crippen molar-refractivity contribution in [2.24, 2.45) is 0 Å². The third-order valence-electron chi connectivity index (χ3n) is 2.79. The number of fused-ring (bicyclic) bond motifs is 1. The van der Waals surface area contributed by atoms with Crippen LogP contribution in [0.4, 0.5) is 17.8 Å². The number of benzene rings is 1. The van der Waals surface area contributed by atoms with Crippen molar-refractivity contribution < 1.29 is 0 Å². The zero-order chi connectivity index (χ0) is 13.9. The molecule has 0 aliphatic heterocycles. The van der Waals surface area contributed by atoms with Crippen LogP contribution in [0, 0.1) is 0 Å². The number of nitrogen functional groups attached to an aromatic ring is 2. The lowest BCUT2D eigenvalue weighted by molar-refractivity contribution is 0.906. The summed E-state index contributed by atoms with van der Waals surface area (Å²) in [5, 5.41) is 7.30. The molecule has 0 amide bonds. The smallest absolute Gasteiger partial charge is 0.260 e. The zero-order valence-electron chi connectivity index (χ0n) is 10.7. The van der Waals surface area contributed by atoms with E-state index in [-0.39, 0.29) is 11.9 Å². The standard InChI is InChI=1S/C12H14N8/c13-9-16-10(14)20-12(17-9)18-11(19-20)15-7-6-8-4-2-1-3-5-8/h1-5H,6-7H2,(H5,13,14,15,16,17,18,19). The van der Waals surface area contributed by atoms with Crippen molar-refractivity contribution in [2.75, 3.05) is 23.3 Å². The fourth-order valence-electron chi connectivity index (χ4n) is 1.86. The monoisotopic (exact) mass is 270 g/mol. The molecular formula is C12H14N8. The van der Waals surface area contributed by atoms with E-state index in [9.17, 15) is 0 Å². The Labute approximate surface area is 114 Å². The topological polar surface area (TPSA) is 120 Å². The molecule has 3 aromatic rings. The average molecular weight is 270 g/mol. The Kier molecular flexibility index (Phi) is 3.04. The van der Waals surface area contributed by atoms with Gasteiger partial charge in [-0.15, -0.1) is 5.10 Å². The van der Waals surface area contributed by atoms with Crippen LogP contribution in [0.15, 0.2) is 30.3 Å². The van der Waals surface area contributed by atoms with E-state index in [0.717, 1.165) is 6.42 Å². The Balaban J connectivity index is 1.70. The minimum atomic E-state index is 0.0817. The van der Waals surface area contributed by atoms with E-state index >= 15 is 0 Å². The molecule has 8 heteroatoms. The van der Waals surface area contributed by atoms with Crippen LogP contribution in [0.5, 0.6) is 0 Å². The third-order valence-corrected chi connectivity index (χ3v) is 2.79. The van der Waals surface area contributed by atoms with E-state index in [1.807, 2.05) is 18.2 Å². The number of nitrogens with one attached hydrogen (secondary N) is 1. The number of hydrogen-bond acceptors (Lipinski definition) is 7. The van der Waals surface area contributed by atoms with Gasteiger partial charge in [0.05, 0.1) is 0 Å². The molecule has 5 N–H and O–H groups in total. The molecule has 3 rings (SSSR count). The molecule has 0 atom stereocenters. The Bertz CT molecular complexity index is 721. The van der Waals surface area contributed by atoms with Crippen LogP contribution in [0.25, 0.3) is 5.78 Å². The van der Waals surface area contributed by atoms with E-state index in [0.29, 0.717) is 18.3 Å². The van der Waals surface area contributed by atoms with Crippen LogP contribution in [-0.4, -0.2) is 31.1 Å². The van der Waals surface area contributed by atoms with Gasteiger partial charge in [-0.2, -0.15) is 19.5 Å². The van der Waals surface area contributed by atoms with Crippen molar-refractivity contribution in [2.45, 2.75) is 6.42 Å². The molecule has 0 radical (unpaired) electrons. The van der Waals surface area contributed by atoms with Crippen molar-refractivity contribution in [3.63, 3.8) is 0 Å². The molecule has 0 saturated heterocycles. The van der Waals surface area contributed by atoms with Gasteiger partial charge < -0.3 is 16.8 Å². The van der Waals surface area contributed by atoms with Gasteiger partial charge in [0, 0.05) is 6.54 Å². The van der Waals surface area contributed by atoms with E-state index in [1.54, 1.807) is 0 Å². The Hall–Kier alpha value is -2.90. The SMILES string of the molecule is Nc1nc(N)n2nc(NCCc3ccccc3)nc2n1. The number of aromatic nitrogens is 5. The van der Waals surface area contributed by atoms with Crippen LogP contribution in [0.3, 0.4) is 0 Å². The molecule has 0 fully saturated rings. The van der Waals surface area contributed by atoms with Crippen LogP contribution in [0.2, 0.25) is 0 Å². The maximum absolute atomic E-state index is 5.69. The second kappa shape index (κ2) is 5.00. The Morgan fingerprint density at radius 1 is 1.05 bits per heavy atom. The summed E-state index contributed by atoms with van der Waals surface area (Å²) in [4.78, 5) is 12.0. The molecule has 0 unspecified atom stereocenters. The van der Waals surface area contributed by atoms with Crippen LogP contribution >= 0.6 is 0 Å². The Morgan fingerprint density at radius 2 is 1.85 bits per heavy atom. The van der Waals surface area contributed by atoms with E-state index in [4.69, 9.17) is 11.5 Å². The Morgan fingerprint density at radius 3 is 2.65 bits per heavy atom. The maximum Gasteiger partial charge on any atom is 0.260 e. The predicted octanol–water partition coefficient (Wildman–Crippen LogP) is 0.338. The molecule has 0 aliphatic rings. The van der Waals surface area contributed by atoms with Crippen molar-refractivity contribution in [1.82, 2.24) is 24.6 Å². The van der Waals surface area contributed by atoms with E-state index in [1.165, 1.54) is 10.1 Å². The fourth-order valence-corrected chi connectivity index (χ4v) is 1.86. The first kappa shape index (κ1) is 12.2. The lowest BCUT2D eigenvalue weighted by Crippen LogP contribution is -2.08. The molecule has 0 aliphatic carbocycles. The number of nitrogens with zero attached hydrogens (tertiary/aromatic N) is 5. The highest BCUT2D eigenvalue weighted by Gasteiger charge is 2.08. The van der Waals surface area contributed by atoms with Crippen molar-refractivity contribution in [3.8, 4) is 0 Å². The van der Waals surface area contributed by atoms with Gasteiger partial charge in [-0.05, 0) is 12.0 Å². The van der Waals surface area contributed by atoms with E-state index in [2.05, 4.69) is 37.5 Å². The second-order valence-electron chi connectivity index (χ2n) is 4.25. The van der Waals surface area contributed by atoms with Crippen LogP contribution in [-0.2, 0) is 6.42 Å². The summed E-state index contributed by atoms with van der Waals surface area (Å²) >= 11 is 0. The number of nitrogens with two attached hydrogens (primary N) is 2. The highest BCUT2D eigenvalue weighted by Crippen LogP contribution is 2.08. The van der Waals surface area contributed by atoms with Gasteiger partial charge in [0.2, 0.25) is 17.8 Å². The molecule has 0 spiro atoms. The van der Waals surface area contributed by atoms with Crippen LogP contribution < -0.4 is 16.8 Å². The zero-order valence-corrected chi connectivity index (χ0v) is 10.7. The second-order valence-corrected chi connectivity index (χ2v) is 4.25. The summed E-state index contributed by atoms with van der Waals surface area (Å²) in [6.45, 7) is 0.712. The fraction of sp³-hybridized carbons (Fsp3) is 0.167. The predicted molar refractivity (Wildman–Crippen MR) is 76.0 cm³/mol. The molecule has 8 nitrogen and oxygen atoms in total. The molecule has 1 aromatic carbocycles.